The van der Waals surface area contributed by atoms with Crippen molar-refractivity contribution in [2.45, 2.75) is 11.0 Å². The van der Waals surface area contributed by atoms with Crippen LogP contribution in [-0.2, 0) is 0 Å². The number of thioether (sulfide) groups is 1. The number of non-ortho nitro benzene ring substituents is 1. The van der Waals surface area contributed by atoms with Gasteiger partial charge in [-0.3, -0.25) is 10.1 Å². The van der Waals surface area contributed by atoms with Crippen LogP contribution < -0.4 is 0 Å². The van der Waals surface area contributed by atoms with Gasteiger partial charge in [-0.15, -0.1) is 11.8 Å². The quantitative estimate of drug-likeness (QED) is 0.463. The fourth-order valence-corrected chi connectivity index (χ4v) is 1.80. The Hall–Kier alpha value is -1.18. The molecule has 1 aromatic carbocycles. The Morgan fingerprint density at radius 3 is 2.75 bits per heavy atom. The highest BCUT2D eigenvalue weighted by Gasteiger charge is 2.12. The molecule has 0 saturated heterocycles. The van der Waals surface area contributed by atoms with Crippen LogP contribution in [0.2, 0.25) is 0 Å². The minimum Gasteiger partial charge on any atom is -0.394 e. The van der Waals surface area contributed by atoms with E-state index in [9.17, 15) is 14.5 Å². The van der Waals surface area contributed by atoms with Crippen LogP contribution in [0.4, 0.5) is 10.1 Å². The van der Waals surface area contributed by atoms with Gasteiger partial charge < -0.3 is 10.2 Å². The molecular formula is C9H10FNO4S. The maximum absolute atomic E-state index is 13.3. The number of rotatable bonds is 5. The predicted octanol–water partition coefficient (Wildman–Crippen LogP) is 1.18. The molecule has 5 nitrogen and oxygen atoms in total. The van der Waals surface area contributed by atoms with Crippen LogP contribution in [0.5, 0.6) is 0 Å². The van der Waals surface area contributed by atoms with E-state index in [1.165, 1.54) is 12.1 Å². The van der Waals surface area contributed by atoms with Crippen molar-refractivity contribution in [2.75, 3.05) is 12.4 Å². The number of aliphatic hydroxyl groups is 2. The lowest BCUT2D eigenvalue weighted by Gasteiger charge is -2.06. The van der Waals surface area contributed by atoms with E-state index in [-0.39, 0.29) is 16.3 Å². The number of nitro benzene ring substituents is 1. The van der Waals surface area contributed by atoms with Crippen molar-refractivity contribution in [1.82, 2.24) is 0 Å². The molecule has 0 saturated carbocycles. The van der Waals surface area contributed by atoms with Gasteiger partial charge in [0.25, 0.3) is 5.69 Å². The zero-order chi connectivity index (χ0) is 12.1. The summed E-state index contributed by atoms with van der Waals surface area (Å²) in [6, 6.07) is 3.30. The van der Waals surface area contributed by atoms with Gasteiger partial charge in [-0.2, -0.15) is 0 Å². The lowest BCUT2D eigenvalue weighted by molar-refractivity contribution is -0.385. The van der Waals surface area contributed by atoms with Gasteiger partial charge in [0.1, 0.15) is 5.82 Å². The van der Waals surface area contributed by atoms with E-state index in [2.05, 4.69) is 0 Å². The van der Waals surface area contributed by atoms with Crippen LogP contribution in [0, 0.1) is 15.9 Å². The fourth-order valence-electron chi connectivity index (χ4n) is 0.959. The number of aliphatic hydroxyl groups excluding tert-OH is 2. The Morgan fingerprint density at radius 2 is 2.25 bits per heavy atom. The van der Waals surface area contributed by atoms with Crippen molar-refractivity contribution >= 4 is 17.4 Å². The first-order chi connectivity index (χ1) is 7.54. The summed E-state index contributed by atoms with van der Waals surface area (Å²) < 4.78 is 13.3. The maximum Gasteiger partial charge on any atom is 0.272 e. The van der Waals surface area contributed by atoms with Gasteiger partial charge in [-0.05, 0) is 6.07 Å². The summed E-state index contributed by atoms with van der Waals surface area (Å²) in [4.78, 5) is 9.86. The normalized spacial score (nSPS) is 12.4. The molecule has 0 radical (unpaired) electrons. The van der Waals surface area contributed by atoms with Gasteiger partial charge in [0, 0.05) is 16.7 Å². The third kappa shape index (κ3) is 3.44. The van der Waals surface area contributed by atoms with E-state index >= 15 is 0 Å². The number of nitro groups is 1. The summed E-state index contributed by atoms with van der Waals surface area (Å²) in [5.41, 5.74) is -0.315. The molecule has 0 unspecified atom stereocenters. The predicted molar refractivity (Wildman–Crippen MR) is 56.9 cm³/mol. The van der Waals surface area contributed by atoms with Crippen LogP contribution >= 0.6 is 11.8 Å². The summed E-state index contributed by atoms with van der Waals surface area (Å²) in [6.45, 7) is -0.401. The summed E-state index contributed by atoms with van der Waals surface area (Å²) in [5.74, 6) is -0.574. The highest BCUT2D eigenvalue weighted by atomic mass is 32.2. The second-order valence-electron chi connectivity index (χ2n) is 3.02. The Labute approximate surface area is 95.1 Å². The third-order valence-electron chi connectivity index (χ3n) is 1.77. The first-order valence-corrected chi connectivity index (χ1v) is 5.39. The Balaban J connectivity index is 2.72. The van der Waals surface area contributed by atoms with Crippen molar-refractivity contribution in [2.24, 2.45) is 0 Å². The highest BCUT2D eigenvalue weighted by molar-refractivity contribution is 7.99. The first-order valence-electron chi connectivity index (χ1n) is 4.40. The molecule has 0 aromatic heterocycles. The van der Waals surface area contributed by atoms with Crippen molar-refractivity contribution in [3.8, 4) is 0 Å². The molecule has 0 fully saturated rings. The van der Waals surface area contributed by atoms with Crippen LogP contribution in [0.25, 0.3) is 0 Å². The lowest BCUT2D eigenvalue weighted by atomic mass is 10.3. The summed E-state index contributed by atoms with van der Waals surface area (Å²) in [7, 11) is 0. The van der Waals surface area contributed by atoms with Crippen LogP contribution in [0.3, 0.4) is 0 Å². The molecule has 0 spiro atoms. The lowest BCUT2D eigenvalue weighted by Crippen LogP contribution is -2.14. The molecule has 7 heteroatoms. The molecule has 0 aliphatic carbocycles. The smallest absolute Gasteiger partial charge is 0.272 e. The molecule has 88 valence electrons. The standard InChI is InChI=1S/C9H10FNO4S/c10-8-3-6(11(14)15)1-2-9(8)16-5-7(13)4-12/h1-3,7,12-13H,4-5H2/t7-/m0/s1. The van der Waals surface area contributed by atoms with E-state index in [0.717, 1.165) is 17.8 Å². The van der Waals surface area contributed by atoms with Crippen molar-refractivity contribution in [3.05, 3.63) is 34.1 Å². The zero-order valence-corrected chi connectivity index (χ0v) is 8.98. The topological polar surface area (TPSA) is 83.6 Å². The highest BCUT2D eigenvalue weighted by Crippen LogP contribution is 2.25. The number of nitrogens with zero attached hydrogens (tertiary/aromatic N) is 1. The summed E-state index contributed by atoms with van der Waals surface area (Å²) >= 11 is 0.993. The molecule has 0 aliphatic heterocycles. The molecule has 0 aliphatic rings. The SMILES string of the molecule is O=[N+]([O-])c1ccc(SC[C@@H](O)CO)c(F)c1. The Morgan fingerprint density at radius 1 is 1.56 bits per heavy atom. The number of halogens is 1. The van der Waals surface area contributed by atoms with E-state index in [0.29, 0.717) is 0 Å². The van der Waals surface area contributed by atoms with Crippen molar-refractivity contribution in [1.29, 1.82) is 0 Å². The maximum atomic E-state index is 13.3. The average molecular weight is 247 g/mol. The van der Waals surface area contributed by atoms with Gasteiger partial charge >= 0.3 is 0 Å². The Bertz CT molecular complexity index is 388. The molecule has 0 amide bonds. The van der Waals surface area contributed by atoms with Crippen LogP contribution in [0.15, 0.2) is 23.1 Å². The van der Waals surface area contributed by atoms with E-state index in [4.69, 9.17) is 10.2 Å². The zero-order valence-electron chi connectivity index (χ0n) is 8.17. The minimum atomic E-state index is -0.931. The molecule has 0 heterocycles. The summed E-state index contributed by atoms with van der Waals surface area (Å²) in [5, 5.41) is 27.9. The first kappa shape index (κ1) is 12.9. The molecule has 16 heavy (non-hydrogen) atoms. The molecule has 1 rings (SSSR count). The largest absolute Gasteiger partial charge is 0.394 e. The molecule has 0 bridgehead atoms. The fraction of sp³-hybridized carbons (Fsp3) is 0.333. The van der Waals surface area contributed by atoms with Gasteiger partial charge in [-0.1, -0.05) is 0 Å². The van der Waals surface area contributed by atoms with Gasteiger partial charge in [0.05, 0.1) is 23.7 Å². The van der Waals surface area contributed by atoms with Crippen LogP contribution in [0.1, 0.15) is 0 Å². The minimum absolute atomic E-state index is 0.130. The monoisotopic (exact) mass is 247 g/mol. The molecule has 2 N–H and O–H groups in total. The summed E-state index contributed by atoms with van der Waals surface area (Å²) in [6.07, 6.45) is -0.931. The van der Waals surface area contributed by atoms with Crippen LogP contribution in [-0.4, -0.2) is 33.6 Å². The molecule has 1 aromatic rings. The average Bonchev–Trinajstić information content (AvgIpc) is 2.26. The second kappa shape index (κ2) is 5.78. The van der Waals surface area contributed by atoms with E-state index in [1.54, 1.807) is 0 Å². The van der Waals surface area contributed by atoms with Gasteiger partial charge in [-0.25, -0.2) is 4.39 Å². The van der Waals surface area contributed by atoms with Crippen molar-refractivity contribution < 1.29 is 19.5 Å². The third-order valence-corrected chi connectivity index (χ3v) is 2.96. The Kier molecular flexibility index (Phi) is 4.66. The van der Waals surface area contributed by atoms with Gasteiger partial charge in [0.2, 0.25) is 0 Å². The number of hydrogen-bond donors (Lipinski definition) is 2. The second-order valence-corrected chi connectivity index (χ2v) is 4.08. The van der Waals surface area contributed by atoms with E-state index in [1.807, 2.05) is 0 Å². The van der Waals surface area contributed by atoms with Gasteiger partial charge in [0.15, 0.2) is 0 Å². The van der Waals surface area contributed by atoms with E-state index < -0.39 is 23.5 Å². The number of hydrogen-bond acceptors (Lipinski definition) is 5. The molecular weight excluding hydrogens is 237 g/mol. The van der Waals surface area contributed by atoms with Crippen molar-refractivity contribution in [3.63, 3.8) is 0 Å². The molecule has 1 atom stereocenters. The number of benzene rings is 1.